The summed E-state index contributed by atoms with van der Waals surface area (Å²) in [6, 6.07) is 0. The zero-order chi connectivity index (χ0) is 10.1. The van der Waals surface area contributed by atoms with Crippen molar-refractivity contribution in [3.05, 3.63) is 28.1 Å². The van der Waals surface area contributed by atoms with Gasteiger partial charge in [0, 0.05) is 17.5 Å². The molecule has 0 aromatic carbocycles. The third-order valence-electron chi connectivity index (χ3n) is 1.98. The molecular formula is C9H8ClN3S. The van der Waals surface area contributed by atoms with Gasteiger partial charge in [0.05, 0.1) is 10.4 Å². The number of hydrogen-bond donors (Lipinski definition) is 0. The average molecular weight is 226 g/mol. The Morgan fingerprint density at radius 2 is 2.07 bits per heavy atom. The first-order valence-corrected chi connectivity index (χ1v) is 5.34. The molecule has 14 heavy (non-hydrogen) atoms. The molecule has 0 aliphatic carbocycles. The molecule has 0 bridgehead atoms. The van der Waals surface area contributed by atoms with Crippen molar-refractivity contribution < 1.29 is 0 Å². The van der Waals surface area contributed by atoms with Gasteiger partial charge in [-0.3, -0.25) is 4.98 Å². The Bertz CT molecular complexity index is 430. The van der Waals surface area contributed by atoms with Crippen LogP contribution in [0.3, 0.4) is 0 Å². The van der Waals surface area contributed by atoms with Gasteiger partial charge in [0.1, 0.15) is 5.15 Å². The van der Waals surface area contributed by atoms with E-state index in [1.165, 1.54) is 11.3 Å². The molecule has 0 radical (unpaired) electrons. The number of thiazole rings is 1. The van der Waals surface area contributed by atoms with E-state index in [1.54, 1.807) is 11.7 Å². The van der Waals surface area contributed by atoms with Crippen molar-refractivity contribution in [3.63, 3.8) is 0 Å². The predicted molar refractivity (Wildman–Crippen MR) is 57.6 cm³/mol. The van der Waals surface area contributed by atoms with E-state index in [9.17, 15) is 0 Å². The molecule has 0 N–H and O–H groups in total. The van der Waals surface area contributed by atoms with Gasteiger partial charge in [-0.05, 0) is 13.8 Å². The summed E-state index contributed by atoms with van der Waals surface area (Å²) in [5.74, 6) is 0.653. The Morgan fingerprint density at radius 1 is 1.29 bits per heavy atom. The van der Waals surface area contributed by atoms with Gasteiger partial charge >= 0.3 is 0 Å². The lowest BCUT2D eigenvalue weighted by Gasteiger charge is -2.03. The fourth-order valence-electron chi connectivity index (χ4n) is 1.03. The van der Waals surface area contributed by atoms with E-state index in [2.05, 4.69) is 15.0 Å². The van der Waals surface area contributed by atoms with Crippen molar-refractivity contribution in [1.29, 1.82) is 0 Å². The van der Waals surface area contributed by atoms with Crippen molar-refractivity contribution in [2.24, 2.45) is 0 Å². The third-order valence-corrected chi connectivity index (χ3v) is 3.12. The van der Waals surface area contributed by atoms with Gasteiger partial charge in [-0.1, -0.05) is 11.6 Å². The molecule has 0 saturated carbocycles. The molecule has 0 amide bonds. The number of hydrogen-bond acceptors (Lipinski definition) is 4. The smallest absolute Gasteiger partial charge is 0.172 e. The monoisotopic (exact) mass is 225 g/mol. The molecule has 0 fully saturated rings. The minimum Gasteiger partial charge on any atom is -0.252 e. The topological polar surface area (TPSA) is 38.7 Å². The molecule has 2 heterocycles. The molecule has 0 saturated heterocycles. The Morgan fingerprint density at radius 3 is 2.64 bits per heavy atom. The Balaban J connectivity index is 2.57. The molecule has 2 aromatic heterocycles. The summed E-state index contributed by atoms with van der Waals surface area (Å²) in [7, 11) is 0. The molecular weight excluding hydrogens is 218 g/mol. The normalized spacial score (nSPS) is 10.5. The number of aryl methyl sites for hydroxylation is 1. The molecule has 0 unspecified atom stereocenters. The second kappa shape index (κ2) is 3.63. The van der Waals surface area contributed by atoms with E-state index in [1.807, 2.05) is 13.8 Å². The highest BCUT2D eigenvalue weighted by molar-refractivity contribution is 7.13. The number of halogens is 1. The number of nitrogens with zero attached hydrogens (tertiary/aromatic N) is 3. The standard InChI is InChI=1S/C9H8ClN3S/c1-5-6(2)12-9(13-8(5)10)7-3-11-4-14-7/h3-4H,1-2H3. The SMILES string of the molecule is Cc1nc(-c2cncs2)nc(Cl)c1C. The second-order valence-electron chi connectivity index (χ2n) is 2.91. The zero-order valence-electron chi connectivity index (χ0n) is 7.78. The van der Waals surface area contributed by atoms with Crippen molar-refractivity contribution in [2.75, 3.05) is 0 Å². The van der Waals surface area contributed by atoms with Gasteiger partial charge in [-0.15, -0.1) is 11.3 Å². The van der Waals surface area contributed by atoms with Crippen LogP contribution in [0.5, 0.6) is 0 Å². The van der Waals surface area contributed by atoms with E-state index in [0.717, 1.165) is 16.1 Å². The van der Waals surface area contributed by atoms with Crippen molar-refractivity contribution >= 4 is 22.9 Å². The van der Waals surface area contributed by atoms with Gasteiger partial charge in [-0.25, -0.2) is 9.97 Å². The largest absolute Gasteiger partial charge is 0.252 e. The van der Waals surface area contributed by atoms with Gasteiger partial charge in [0.25, 0.3) is 0 Å². The van der Waals surface area contributed by atoms with Gasteiger partial charge in [0.2, 0.25) is 0 Å². The summed E-state index contributed by atoms with van der Waals surface area (Å²) in [5, 5.41) is 0.515. The lowest BCUT2D eigenvalue weighted by Crippen LogP contribution is -1.95. The first kappa shape index (κ1) is 9.55. The fourth-order valence-corrected chi connectivity index (χ4v) is 1.80. The van der Waals surface area contributed by atoms with Crippen LogP contribution in [0.25, 0.3) is 10.7 Å². The highest BCUT2D eigenvalue weighted by Crippen LogP contribution is 2.23. The maximum Gasteiger partial charge on any atom is 0.172 e. The Hall–Kier alpha value is -1.00. The van der Waals surface area contributed by atoms with Crippen molar-refractivity contribution in [2.45, 2.75) is 13.8 Å². The molecule has 72 valence electrons. The van der Waals surface area contributed by atoms with Crippen LogP contribution < -0.4 is 0 Å². The van der Waals surface area contributed by atoms with Crippen LogP contribution in [-0.2, 0) is 0 Å². The summed E-state index contributed by atoms with van der Waals surface area (Å²) in [6.45, 7) is 3.83. The quantitative estimate of drug-likeness (QED) is 0.701. The highest BCUT2D eigenvalue weighted by Gasteiger charge is 2.08. The first-order valence-electron chi connectivity index (χ1n) is 4.08. The predicted octanol–water partition coefficient (Wildman–Crippen LogP) is 2.87. The van der Waals surface area contributed by atoms with Crippen molar-refractivity contribution in [1.82, 2.24) is 15.0 Å². The molecule has 5 heteroatoms. The molecule has 2 rings (SSSR count). The Kier molecular flexibility index (Phi) is 2.48. The summed E-state index contributed by atoms with van der Waals surface area (Å²) >= 11 is 7.47. The molecule has 0 aliphatic rings. The second-order valence-corrected chi connectivity index (χ2v) is 4.16. The van der Waals surface area contributed by atoms with E-state index in [-0.39, 0.29) is 0 Å². The lowest BCUT2D eigenvalue weighted by atomic mass is 10.3. The summed E-state index contributed by atoms with van der Waals surface area (Å²) in [4.78, 5) is 13.5. The summed E-state index contributed by atoms with van der Waals surface area (Å²) in [5.41, 5.74) is 3.59. The molecule has 0 aliphatic heterocycles. The summed E-state index contributed by atoms with van der Waals surface area (Å²) < 4.78 is 0. The van der Waals surface area contributed by atoms with Crippen molar-refractivity contribution in [3.8, 4) is 10.7 Å². The summed E-state index contributed by atoms with van der Waals surface area (Å²) in [6.07, 6.45) is 1.74. The van der Waals surface area contributed by atoms with Crippen LogP contribution >= 0.6 is 22.9 Å². The van der Waals surface area contributed by atoms with E-state index >= 15 is 0 Å². The molecule has 0 atom stereocenters. The van der Waals surface area contributed by atoms with E-state index in [0.29, 0.717) is 11.0 Å². The van der Waals surface area contributed by atoms with Crippen LogP contribution in [0.2, 0.25) is 5.15 Å². The lowest BCUT2D eigenvalue weighted by molar-refractivity contribution is 1.07. The molecule has 0 spiro atoms. The van der Waals surface area contributed by atoms with E-state index in [4.69, 9.17) is 11.6 Å². The number of aromatic nitrogens is 3. The van der Waals surface area contributed by atoms with Crippen LogP contribution in [0.1, 0.15) is 11.3 Å². The van der Waals surface area contributed by atoms with Crippen LogP contribution in [-0.4, -0.2) is 15.0 Å². The highest BCUT2D eigenvalue weighted by atomic mass is 35.5. The van der Waals surface area contributed by atoms with Gasteiger partial charge in [-0.2, -0.15) is 0 Å². The molecule has 2 aromatic rings. The fraction of sp³-hybridized carbons (Fsp3) is 0.222. The number of rotatable bonds is 1. The van der Waals surface area contributed by atoms with Crippen LogP contribution in [0.4, 0.5) is 0 Å². The van der Waals surface area contributed by atoms with E-state index < -0.39 is 0 Å². The molecule has 3 nitrogen and oxygen atoms in total. The minimum atomic E-state index is 0.515. The third kappa shape index (κ3) is 1.63. The maximum atomic E-state index is 5.97. The van der Waals surface area contributed by atoms with Gasteiger partial charge < -0.3 is 0 Å². The Labute approximate surface area is 90.8 Å². The minimum absolute atomic E-state index is 0.515. The zero-order valence-corrected chi connectivity index (χ0v) is 9.35. The van der Waals surface area contributed by atoms with Gasteiger partial charge in [0.15, 0.2) is 5.82 Å². The first-order chi connectivity index (χ1) is 6.68. The van der Waals surface area contributed by atoms with Crippen LogP contribution in [0, 0.1) is 13.8 Å². The van der Waals surface area contributed by atoms with Crippen LogP contribution in [0.15, 0.2) is 11.7 Å². The average Bonchev–Trinajstić information content (AvgIpc) is 2.66. The maximum absolute atomic E-state index is 5.97.